The van der Waals surface area contributed by atoms with Gasteiger partial charge in [0, 0.05) is 36.3 Å². The van der Waals surface area contributed by atoms with Crippen molar-refractivity contribution in [2.24, 2.45) is 0 Å². The zero-order valence-corrected chi connectivity index (χ0v) is 14.2. The Morgan fingerprint density at radius 3 is 2.73 bits per heavy atom. The summed E-state index contributed by atoms with van der Waals surface area (Å²) in [4.78, 5) is 20.0. The predicted molar refractivity (Wildman–Crippen MR) is 91.8 cm³/mol. The lowest BCUT2D eigenvalue weighted by molar-refractivity contribution is -0.134. The topological polar surface area (TPSA) is 33.2 Å². The van der Waals surface area contributed by atoms with Gasteiger partial charge in [-0.15, -0.1) is 11.3 Å². The zero-order chi connectivity index (χ0) is 15.8. The summed E-state index contributed by atoms with van der Waals surface area (Å²) in [5, 5.41) is 2.09. The second-order valence-corrected chi connectivity index (χ2v) is 6.60. The molecule has 2 aromatic heterocycles. The van der Waals surface area contributed by atoms with E-state index in [2.05, 4.69) is 36.3 Å². The number of pyridine rings is 1. The van der Waals surface area contributed by atoms with Gasteiger partial charge >= 0.3 is 0 Å². The molecule has 0 unspecified atom stereocenters. The van der Waals surface area contributed by atoms with Crippen LogP contribution in [0.1, 0.15) is 43.6 Å². The van der Waals surface area contributed by atoms with Gasteiger partial charge in [-0.05, 0) is 55.3 Å². The predicted octanol–water partition coefficient (Wildman–Crippen LogP) is 4.29. The van der Waals surface area contributed by atoms with Crippen molar-refractivity contribution < 1.29 is 4.79 Å². The van der Waals surface area contributed by atoms with Gasteiger partial charge in [-0.25, -0.2) is 0 Å². The van der Waals surface area contributed by atoms with Crippen molar-refractivity contribution in [3.8, 4) is 0 Å². The molecule has 2 aromatic rings. The van der Waals surface area contributed by atoms with Crippen molar-refractivity contribution in [3.05, 3.63) is 52.5 Å². The molecular weight excluding hydrogens is 292 g/mol. The highest BCUT2D eigenvalue weighted by atomic mass is 32.1. The van der Waals surface area contributed by atoms with Crippen LogP contribution in [0.2, 0.25) is 0 Å². The van der Waals surface area contributed by atoms with E-state index in [1.807, 2.05) is 17.0 Å². The van der Waals surface area contributed by atoms with Crippen LogP contribution in [0.5, 0.6) is 0 Å². The summed E-state index contributed by atoms with van der Waals surface area (Å²) in [6.45, 7) is 4.93. The molecule has 0 bridgehead atoms. The molecule has 0 fully saturated rings. The van der Waals surface area contributed by atoms with E-state index in [4.69, 9.17) is 0 Å². The highest BCUT2D eigenvalue weighted by molar-refractivity contribution is 7.09. The van der Waals surface area contributed by atoms with E-state index < -0.39 is 0 Å². The van der Waals surface area contributed by atoms with Gasteiger partial charge in [-0.3, -0.25) is 9.78 Å². The first-order chi connectivity index (χ1) is 10.7. The molecule has 0 radical (unpaired) electrons. The highest BCUT2D eigenvalue weighted by Gasteiger charge is 2.18. The Bertz CT molecular complexity index is 554. The van der Waals surface area contributed by atoms with Crippen molar-refractivity contribution >= 4 is 17.2 Å². The van der Waals surface area contributed by atoms with E-state index in [9.17, 15) is 4.79 Å². The molecule has 0 saturated heterocycles. The highest BCUT2D eigenvalue weighted by Crippen LogP contribution is 2.16. The van der Waals surface area contributed by atoms with Crippen molar-refractivity contribution in [1.82, 2.24) is 9.88 Å². The molecule has 2 heterocycles. The number of amides is 1. The van der Waals surface area contributed by atoms with E-state index in [-0.39, 0.29) is 11.9 Å². The van der Waals surface area contributed by atoms with Crippen LogP contribution in [0.4, 0.5) is 0 Å². The normalized spacial score (nSPS) is 12.1. The maximum atomic E-state index is 12.6. The standard InChI is InChI=1S/C18H24N2OS/c1-3-15(2)20(14-16-9-11-19-12-10-16)18(21)8-4-6-17-7-5-13-22-17/h5,7,9-13,15H,3-4,6,8,14H2,1-2H3/t15-/m1/s1. The summed E-state index contributed by atoms with van der Waals surface area (Å²) < 4.78 is 0. The average molecular weight is 316 g/mol. The van der Waals surface area contributed by atoms with Gasteiger partial charge in [-0.2, -0.15) is 0 Å². The van der Waals surface area contributed by atoms with Gasteiger partial charge < -0.3 is 4.90 Å². The third kappa shape index (κ3) is 4.95. The molecule has 0 aromatic carbocycles. The number of carbonyl (C=O) groups is 1. The molecule has 0 spiro atoms. The van der Waals surface area contributed by atoms with Crippen molar-refractivity contribution in [2.75, 3.05) is 0 Å². The first-order valence-electron chi connectivity index (χ1n) is 7.91. The second kappa shape index (κ2) is 8.69. The molecule has 22 heavy (non-hydrogen) atoms. The largest absolute Gasteiger partial charge is 0.336 e. The Balaban J connectivity index is 1.91. The lowest BCUT2D eigenvalue weighted by atomic mass is 10.1. The van der Waals surface area contributed by atoms with Crippen LogP contribution in [0.3, 0.4) is 0 Å². The van der Waals surface area contributed by atoms with E-state index in [0.717, 1.165) is 24.8 Å². The number of aryl methyl sites for hydroxylation is 1. The van der Waals surface area contributed by atoms with Gasteiger partial charge in [0.05, 0.1) is 0 Å². The number of carbonyl (C=O) groups excluding carboxylic acids is 1. The Morgan fingerprint density at radius 2 is 2.09 bits per heavy atom. The minimum Gasteiger partial charge on any atom is -0.336 e. The first kappa shape index (κ1) is 16.7. The third-order valence-corrected chi connectivity index (χ3v) is 4.88. The minimum atomic E-state index is 0.253. The van der Waals surface area contributed by atoms with Crippen molar-refractivity contribution in [3.63, 3.8) is 0 Å². The van der Waals surface area contributed by atoms with Crippen LogP contribution in [0.15, 0.2) is 42.0 Å². The molecule has 4 heteroatoms. The van der Waals surface area contributed by atoms with Gasteiger partial charge in [0.2, 0.25) is 5.91 Å². The molecule has 2 rings (SSSR count). The Morgan fingerprint density at radius 1 is 1.32 bits per heavy atom. The second-order valence-electron chi connectivity index (χ2n) is 5.57. The molecule has 0 aliphatic carbocycles. The number of aromatic nitrogens is 1. The monoisotopic (exact) mass is 316 g/mol. The van der Waals surface area contributed by atoms with Crippen LogP contribution >= 0.6 is 11.3 Å². The molecule has 0 aliphatic heterocycles. The van der Waals surface area contributed by atoms with Crippen molar-refractivity contribution in [1.29, 1.82) is 0 Å². The van der Waals surface area contributed by atoms with Crippen LogP contribution in [-0.4, -0.2) is 21.8 Å². The summed E-state index contributed by atoms with van der Waals surface area (Å²) in [6, 6.07) is 8.43. The molecule has 1 atom stereocenters. The molecule has 0 N–H and O–H groups in total. The number of nitrogens with zero attached hydrogens (tertiary/aromatic N) is 2. The lowest BCUT2D eigenvalue weighted by Gasteiger charge is -2.29. The molecule has 0 aliphatic rings. The van der Waals surface area contributed by atoms with Crippen LogP contribution in [-0.2, 0) is 17.8 Å². The van der Waals surface area contributed by atoms with Crippen LogP contribution in [0, 0.1) is 0 Å². The van der Waals surface area contributed by atoms with E-state index in [1.165, 1.54) is 4.88 Å². The summed E-state index contributed by atoms with van der Waals surface area (Å²) in [5.41, 5.74) is 1.14. The molecule has 118 valence electrons. The van der Waals surface area contributed by atoms with Crippen LogP contribution < -0.4 is 0 Å². The van der Waals surface area contributed by atoms with Crippen molar-refractivity contribution in [2.45, 2.75) is 52.1 Å². The molecule has 3 nitrogen and oxygen atoms in total. The molecule has 1 amide bonds. The summed E-state index contributed by atoms with van der Waals surface area (Å²) in [7, 11) is 0. The van der Waals surface area contributed by atoms with Crippen LogP contribution in [0.25, 0.3) is 0 Å². The number of hydrogen-bond acceptors (Lipinski definition) is 3. The van der Waals surface area contributed by atoms with Gasteiger partial charge in [0.1, 0.15) is 0 Å². The molecular formula is C18H24N2OS. The molecule has 0 saturated carbocycles. The van der Waals surface area contributed by atoms with Gasteiger partial charge in [0.15, 0.2) is 0 Å². The third-order valence-electron chi connectivity index (χ3n) is 3.94. The maximum Gasteiger partial charge on any atom is 0.223 e. The lowest BCUT2D eigenvalue weighted by Crippen LogP contribution is -2.37. The fourth-order valence-electron chi connectivity index (χ4n) is 2.41. The van der Waals surface area contributed by atoms with E-state index in [1.54, 1.807) is 23.7 Å². The maximum absolute atomic E-state index is 12.6. The number of hydrogen-bond donors (Lipinski definition) is 0. The number of rotatable bonds is 8. The van der Waals surface area contributed by atoms with Gasteiger partial charge in [0.25, 0.3) is 0 Å². The van der Waals surface area contributed by atoms with E-state index in [0.29, 0.717) is 13.0 Å². The fraction of sp³-hybridized carbons (Fsp3) is 0.444. The quantitative estimate of drug-likeness (QED) is 0.728. The smallest absolute Gasteiger partial charge is 0.223 e. The summed E-state index contributed by atoms with van der Waals surface area (Å²) in [5.74, 6) is 0.253. The van der Waals surface area contributed by atoms with Gasteiger partial charge in [-0.1, -0.05) is 13.0 Å². The Hall–Kier alpha value is -1.68. The SMILES string of the molecule is CC[C@@H](C)N(Cc1ccncc1)C(=O)CCCc1cccs1. The first-order valence-corrected chi connectivity index (χ1v) is 8.79. The Kier molecular flexibility index (Phi) is 6.59. The zero-order valence-electron chi connectivity index (χ0n) is 13.4. The van der Waals surface area contributed by atoms with E-state index >= 15 is 0 Å². The minimum absolute atomic E-state index is 0.253. The average Bonchev–Trinajstić information content (AvgIpc) is 3.06. The Labute approximate surface area is 137 Å². The summed E-state index contributed by atoms with van der Waals surface area (Å²) in [6.07, 6.45) is 7.07. The summed E-state index contributed by atoms with van der Waals surface area (Å²) >= 11 is 1.76. The fourth-order valence-corrected chi connectivity index (χ4v) is 3.16. The number of thiophene rings is 1.